The van der Waals surface area contributed by atoms with Crippen LogP contribution < -0.4 is 10.1 Å². The first-order chi connectivity index (χ1) is 11.3. The van der Waals surface area contributed by atoms with E-state index in [2.05, 4.69) is 10.5 Å². The van der Waals surface area contributed by atoms with Gasteiger partial charge in [-0.3, -0.25) is 4.79 Å². The van der Waals surface area contributed by atoms with Crippen LogP contribution in [0.2, 0.25) is 0 Å². The van der Waals surface area contributed by atoms with Crippen LogP contribution in [0.4, 0.5) is 5.69 Å². The average molecular weight is 310 g/mol. The van der Waals surface area contributed by atoms with Crippen molar-refractivity contribution in [1.82, 2.24) is 0 Å². The summed E-state index contributed by atoms with van der Waals surface area (Å²) < 4.78 is 5.51. The monoisotopic (exact) mass is 310 g/mol. The summed E-state index contributed by atoms with van der Waals surface area (Å²) in [6.07, 6.45) is -0.174. The van der Waals surface area contributed by atoms with Crippen molar-refractivity contribution in [1.29, 1.82) is 0 Å². The number of anilines is 1. The minimum absolute atomic E-state index is 0.230. The van der Waals surface area contributed by atoms with Crippen LogP contribution in [0.1, 0.15) is 18.9 Å². The second-order valence-corrected chi connectivity index (χ2v) is 5.12. The number of ether oxygens (including phenoxy) is 1. The molecule has 1 amide bonds. The number of hydrogen-bond acceptors (Lipinski definition) is 4. The van der Waals surface area contributed by atoms with Crippen molar-refractivity contribution >= 4 is 17.3 Å². The van der Waals surface area contributed by atoms with Crippen LogP contribution in [-0.2, 0) is 9.63 Å². The van der Waals surface area contributed by atoms with Gasteiger partial charge in [0.05, 0.1) is 18.0 Å². The van der Waals surface area contributed by atoms with Gasteiger partial charge in [-0.1, -0.05) is 47.6 Å². The Morgan fingerprint density at radius 2 is 1.96 bits per heavy atom. The van der Waals surface area contributed by atoms with Crippen LogP contribution >= 0.6 is 0 Å². The predicted molar refractivity (Wildman–Crippen MR) is 88.7 cm³/mol. The maximum atomic E-state index is 12.4. The van der Waals surface area contributed by atoms with E-state index in [0.29, 0.717) is 24.5 Å². The standard InChI is InChI=1S/C18H18N2O3/c1-2-22-16-11-7-6-10-14(16)19-18(21)17-12-15(20-23-17)13-8-4-3-5-9-13/h3-11,17H,2,12H2,1H3,(H,19,21)/t17-/m0/s1. The molecule has 0 spiro atoms. The van der Waals surface area contributed by atoms with Gasteiger partial charge in [-0.2, -0.15) is 0 Å². The molecule has 23 heavy (non-hydrogen) atoms. The van der Waals surface area contributed by atoms with Crippen molar-refractivity contribution < 1.29 is 14.4 Å². The van der Waals surface area contributed by atoms with Crippen molar-refractivity contribution in [3.63, 3.8) is 0 Å². The largest absolute Gasteiger partial charge is 0.492 e. The van der Waals surface area contributed by atoms with Gasteiger partial charge in [0.2, 0.25) is 6.10 Å². The zero-order valence-corrected chi connectivity index (χ0v) is 12.9. The molecule has 1 N–H and O–H groups in total. The Bertz CT molecular complexity index is 713. The summed E-state index contributed by atoms with van der Waals surface area (Å²) in [6.45, 7) is 2.44. The lowest BCUT2D eigenvalue weighted by atomic mass is 10.0. The number of amides is 1. The zero-order valence-electron chi connectivity index (χ0n) is 12.9. The van der Waals surface area contributed by atoms with E-state index < -0.39 is 6.10 Å². The molecule has 1 aliphatic rings. The molecule has 0 aromatic heterocycles. The van der Waals surface area contributed by atoms with Crippen LogP contribution in [-0.4, -0.2) is 24.3 Å². The van der Waals surface area contributed by atoms with E-state index in [0.717, 1.165) is 11.3 Å². The third-order valence-electron chi connectivity index (χ3n) is 3.51. The lowest BCUT2D eigenvalue weighted by Gasteiger charge is -2.13. The fraction of sp³-hybridized carbons (Fsp3) is 0.222. The molecular weight excluding hydrogens is 292 g/mol. The average Bonchev–Trinajstić information content (AvgIpc) is 3.08. The molecule has 2 aromatic carbocycles. The summed E-state index contributed by atoms with van der Waals surface area (Å²) in [6, 6.07) is 17.0. The second kappa shape index (κ2) is 6.96. The number of carbonyl (C=O) groups is 1. The van der Waals surface area contributed by atoms with Crippen molar-refractivity contribution in [3.05, 3.63) is 60.2 Å². The molecular formula is C18H18N2O3. The minimum Gasteiger partial charge on any atom is -0.492 e. The molecule has 118 valence electrons. The highest BCUT2D eigenvalue weighted by atomic mass is 16.6. The quantitative estimate of drug-likeness (QED) is 0.922. The van der Waals surface area contributed by atoms with Crippen LogP contribution in [0.15, 0.2) is 59.8 Å². The molecule has 0 saturated heterocycles. The summed E-state index contributed by atoms with van der Waals surface area (Å²) in [7, 11) is 0. The molecule has 5 nitrogen and oxygen atoms in total. The molecule has 1 atom stereocenters. The number of para-hydroxylation sites is 2. The molecule has 0 aliphatic carbocycles. The Kier molecular flexibility index (Phi) is 4.57. The maximum Gasteiger partial charge on any atom is 0.268 e. The van der Waals surface area contributed by atoms with Gasteiger partial charge in [0, 0.05) is 6.42 Å². The van der Waals surface area contributed by atoms with E-state index in [9.17, 15) is 4.79 Å². The van der Waals surface area contributed by atoms with Crippen LogP contribution in [0.3, 0.4) is 0 Å². The SMILES string of the molecule is CCOc1ccccc1NC(=O)[C@@H]1CC(c2ccccc2)=NO1. The van der Waals surface area contributed by atoms with E-state index in [-0.39, 0.29) is 5.91 Å². The van der Waals surface area contributed by atoms with Gasteiger partial charge in [0.25, 0.3) is 5.91 Å². The van der Waals surface area contributed by atoms with Crippen LogP contribution in [0, 0.1) is 0 Å². The third-order valence-corrected chi connectivity index (χ3v) is 3.51. The van der Waals surface area contributed by atoms with Crippen molar-refractivity contribution in [2.24, 2.45) is 5.16 Å². The molecule has 1 heterocycles. The molecule has 0 bridgehead atoms. The fourth-order valence-electron chi connectivity index (χ4n) is 2.38. The molecule has 0 fully saturated rings. The minimum atomic E-state index is -0.625. The summed E-state index contributed by atoms with van der Waals surface area (Å²) in [5.74, 6) is 0.414. The number of nitrogens with zero attached hydrogens (tertiary/aromatic N) is 1. The Hall–Kier alpha value is -2.82. The van der Waals surface area contributed by atoms with Crippen molar-refractivity contribution in [3.8, 4) is 5.75 Å². The normalized spacial score (nSPS) is 16.4. The van der Waals surface area contributed by atoms with Crippen LogP contribution in [0.5, 0.6) is 5.75 Å². The first-order valence-corrected chi connectivity index (χ1v) is 7.58. The number of carbonyl (C=O) groups excluding carboxylic acids is 1. The molecule has 2 aromatic rings. The highest BCUT2D eigenvalue weighted by Gasteiger charge is 2.29. The topological polar surface area (TPSA) is 59.9 Å². The summed E-state index contributed by atoms with van der Waals surface area (Å²) >= 11 is 0. The van der Waals surface area contributed by atoms with E-state index in [1.807, 2.05) is 55.5 Å². The second-order valence-electron chi connectivity index (χ2n) is 5.12. The van der Waals surface area contributed by atoms with Gasteiger partial charge < -0.3 is 14.9 Å². The molecule has 0 radical (unpaired) electrons. The first kappa shape index (κ1) is 15.1. The summed E-state index contributed by atoms with van der Waals surface area (Å²) in [5, 5.41) is 6.88. The maximum absolute atomic E-state index is 12.4. The molecule has 3 rings (SSSR count). The molecule has 0 saturated carbocycles. The lowest BCUT2D eigenvalue weighted by Crippen LogP contribution is -2.28. The van der Waals surface area contributed by atoms with Crippen molar-refractivity contribution in [2.45, 2.75) is 19.4 Å². The number of oxime groups is 1. The van der Waals surface area contributed by atoms with E-state index >= 15 is 0 Å². The number of benzene rings is 2. The van der Waals surface area contributed by atoms with Gasteiger partial charge in [0.15, 0.2) is 0 Å². The summed E-state index contributed by atoms with van der Waals surface area (Å²) in [4.78, 5) is 17.7. The molecule has 5 heteroatoms. The van der Waals surface area contributed by atoms with Gasteiger partial charge in [-0.25, -0.2) is 0 Å². The number of nitrogens with one attached hydrogen (secondary N) is 1. The highest BCUT2D eigenvalue weighted by molar-refractivity contribution is 6.06. The third kappa shape index (κ3) is 3.51. The van der Waals surface area contributed by atoms with Gasteiger partial charge in [0.1, 0.15) is 5.75 Å². The molecule has 1 aliphatic heterocycles. The smallest absolute Gasteiger partial charge is 0.268 e. The van der Waals surface area contributed by atoms with E-state index in [1.54, 1.807) is 6.07 Å². The van der Waals surface area contributed by atoms with Crippen molar-refractivity contribution in [2.75, 3.05) is 11.9 Å². The van der Waals surface area contributed by atoms with Crippen LogP contribution in [0.25, 0.3) is 0 Å². The predicted octanol–water partition coefficient (Wildman–Crippen LogP) is 3.22. The molecule has 0 unspecified atom stereocenters. The van der Waals surface area contributed by atoms with E-state index in [1.165, 1.54) is 0 Å². The lowest BCUT2D eigenvalue weighted by molar-refractivity contribution is -0.125. The van der Waals surface area contributed by atoms with Gasteiger partial charge in [-0.15, -0.1) is 0 Å². The Balaban J connectivity index is 1.65. The fourth-order valence-corrected chi connectivity index (χ4v) is 2.38. The zero-order chi connectivity index (χ0) is 16.1. The Morgan fingerprint density at radius 3 is 2.74 bits per heavy atom. The number of hydrogen-bond donors (Lipinski definition) is 1. The first-order valence-electron chi connectivity index (χ1n) is 7.58. The highest BCUT2D eigenvalue weighted by Crippen LogP contribution is 2.25. The van der Waals surface area contributed by atoms with Gasteiger partial charge in [-0.05, 0) is 24.6 Å². The van der Waals surface area contributed by atoms with E-state index in [4.69, 9.17) is 9.57 Å². The Labute approximate surface area is 134 Å². The summed E-state index contributed by atoms with van der Waals surface area (Å²) in [5.41, 5.74) is 2.39. The number of rotatable bonds is 5. The van der Waals surface area contributed by atoms with Gasteiger partial charge >= 0.3 is 0 Å². The Morgan fingerprint density at radius 1 is 1.22 bits per heavy atom.